The predicted molar refractivity (Wildman–Crippen MR) is 130 cm³/mol. The Labute approximate surface area is 199 Å². The molecule has 7 nitrogen and oxygen atoms in total. The van der Waals surface area contributed by atoms with Crippen molar-refractivity contribution in [3.8, 4) is 5.75 Å². The Hall–Kier alpha value is -4.37. The molecule has 1 aliphatic heterocycles. The van der Waals surface area contributed by atoms with Crippen LogP contribution in [0.1, 0.15) is 5.56 Å². The molecule has 3 aromatic carbocycles. The lowest BCUT2D eigenvalue weighted by atomic mass is 10.1. The highest BCUT2D eigenvalue weighted by Crippen LogP contribution is 2.23. The summed E-state index contributed by atoms with van der Waals surface area (Å²) in [6.45, 7) is -0.285. The van der Waals surface area contributed by atoms with E-state index in [0.717, 1.165) is 0 Å². The third-order valence-corrected chi connectivity index (χ3v) is 5.07. The Morgan fingerprint density at radius 1 is 1.03 bits per heavy atom. The zero-order valence-electron chi connectivity index (χ0n) is 17.7. The van der Waals surface area contributed by atoms with E-state index in [-0.39, 0.29) is 17.3 Å². The maximum Gasteiger partial charge on any atom is 0.270 e. The van der Waals surface area contributed by atoms with Gasteiger partial charge >= 0.3 is 0 Å². The summed E-state index contributed by atoms with van der Waals surface area (Å²) in [6.07, 6.45) is 1.43. The Bertz CT molecular complexity index is 1290. The van der Waals surface area contributed by atoms with Crippen molar-refractivity contribution in [1.29, 1.82) is 0 Å². The fourth-order valence-electron chi connectivity index (χ4n) is 3.21. The topological polar surface area (TPSA) is 87.7 Å². The number of benzene rings is 3. The van der Waals surface area contributed by atoms with E-state index < -0.39 is 23.5 Å². The highest BCUT2D eigenvalue weighted by atomic mass is 32.1. The lowest BCUT2D eigenvalue weighted by Gasteiger charge is -2.28. The van der Waals surface area contributed by atoms with Crippen LogP contribution in [0, 0.1) is 5.82 Å². The van der Waals surface area contributed by atoms with E-state index in [2.05, 4.69) is 10.6 Å². The third kappa shape index (κ3) is 5.33. The smallest absolute Gasteiger partial charge is 0.270 e. The van der Waals surface area contributed by atoms with Crippen LogP contribution >= 0.6 is 12.2 Å². The number of carbonyl (C=O) groups excluding carboxylic acids is 3. The maximum atomic E-state index is 13.0. The number of rotatable bonds is 6. The van der Waals surface area contributed by atoms with Gasteiger partial charge in [-0.25, -0.2) is 4.39 Å². The Kier molecular flexibility index (Phi) is 6.74. The number of carbonyl (C=O) groups is 3. The molecule has 170 valence electrons. The molecule has 1 fully saturated rings. The molecule has 34 heavy (non-hydrogen) atoms. The number of ether oxygens (including phenoxy) is 1. The molecule has 0 spiro atoms. The second kappa shape index (κ2) is 10.1. The zero-order chi connectivity index (χ0) is 24.1. The molecular weight excluding hydrogens is 457 g/mol. The lowest BCUT2D eigenvalue weighted by Crippen LogP contribution is -2.54. The molecule has 0 aliphatic carbocycles. The predicted octanol–water partition coefficient (Wildman–Crippen LogP) is 3.67. The number of hydrogen-bond acceptors (Lipinski definition) is 5. The maximum absolute atomic E-state index is 13.0. The van der Waals surface area contributed by atoms with Gasteiger partial charge in [0.05, 0.1) is 5.69 Å². The van der Waals surface area contributed by atoms with Crippen molar-refractivity contribution < 1.29 is 23.5 Å². The molecule has 0 unspecified atom stereocenters. The van der Waals surface area contributed by atoms with E-state index in [9.17, 15) is 18.8 Å². The number of nitrogens with zero attached hydrogens (tertiary/aromatic N) is 1. The van der Waals surface area contributed by atoms with Gasteiger partial charge in [-0.05, 0) is 72.4 Å². The van der Waals surface area contributed by atoms with Gasteiger partial charge in [-0.3, -0.25) is 24.6 Å². The van der Waals surface area contributed by atoms with Gasteiger partial charge in [0, 0.05) is 5.69 Å². The molecule has 9 heteroatoms. The van der Waals surface area contributed by atoms with Crippen molar-refractivity contribution in [1.82, 2.24) is 5.32 Å². The van der Waals surface area contributed by atoms with E-state index in [1.54, 1.807) is 48.5 Å². The number of para-hydroxylation sites is 1. The standard InChI is InChI=1S/C25H18FN3O4S/c26-17-9-11-18(12-10-17)27-22(30)15-33-20-8-4-5-16(13-20)14-21-23(31)28-25(34)29(24(21)32)19-6-2-1-3-7-19/h1-14H,15H2,(H,27,30)(H,28,31,34). The largest absolute Gasteiger partial charge is 0.484 e. The summed E-state index contributed by atoms with van der Waals surface area (Å²) in [4.78, 5) is 38.9. The van der Waals surface area contributed by atoms with Gasteiger partial charge in [-0.2, -0.15) is 0 Å². The lowest BCUT2D eigenvalue weighted by molar-refractivity contribution is -0.122. The van der Waals surface area contributed by atoms with Crippen molar-refractivity contribution >= 4 is 52.5 Å². The van der Waals surface area contributed by atoms with Crippen LogP contribution in [0.4, 0.5) is 15.8 Å². The highest BCUT2D eigenvalue weighted by Gasteiger charge is 2.34. The minimum Gasteiger partial charge on any atom is -0.484 e. The summed E-state index contributed by atoms with van der Waals surface area (Å²) in [7, 11) is 0. The molecule has 0 radical (unpaired) electrons. The first kappa shape index (κ1) is 22.8. The quantitative estimate of drug-likeness (QED) is 0.323. The number of amides is 3. The van der Waals surface area contributed by atoms with E-state index in [4.69, 9.17) is 17.0 Å². The van der Waals surface area contributed by atoms with Crippen LogP contribution in [-0.2, 0) is 14.4 Å². The Morgan fingerprint density at radius 2 is 1.76 bits per heavy atom. The highest BCUT2D eigenvalue weighted by molar-refractivity contribution is 7.80. The second-order valence-corrected chi connectivity index (χ2v) is 7.60. The molecule has 2 N–H and O–H groups in total. The molecule has 0 aromatic heterocycles. The normalized spacial score (nSPS) is 14.7. The third-order valence-electron chi connectivity index (χ3n) is 4.78. The molecule has 0 saturated carbocycles. The van der Waals surface area contributed by atoms with Crippen LogP contribution in [-0.4, -0.2) is 29.4 Å². The molecule has 1 saturated heterocycles. The van der Waals surface area contributed by atoms with Crippen molar-refractivity contribution in [2.75, 3.05) is 16.8 Å². The van der Waals surface area contributed by atoms with Gasteiger partial charge in [0.2, 0.25) is 0 Å². The van der Waals surface area contributed by atoms with Gasteiger partial charge in [0.1, 0.15) is 17.1 Å². The SMILES string of the molecule is O=C(COc1cccc(C=C2C(=O)NC(=S)N(c3ccccc3)C2=O)c1)Nc1ccc(F)cc1. The average Bonchev–Trinajstić information content (AvgIpc) is 2.83. The van der Waals surface area contributed by atoms with Gasteiger partial charge in [0.15, 0.2) is 11.7 Å². The molecule has 3 amide bonds. The minimum atomic E-state index is -0.604. The van der Waals surface area contributed by atoms with Crippen molar-refractivity contribution in [2.24, 2.45) is 0 Å². The van der Waals surface area contributed by atoms with Crippen LogP contribution in [0.3, 0.4) is 0 Å². The van der Waals surface area contributed by atoms with E-state index in [1.165, 1.54) is 35.2 Å². The first-order chi connectivity index (χ1) is 16.4. The van der Waals surface area contributed by atoms with E-state index in [0.29, 0.717) is 22.7 Å². The number of thiocarbonyl (C=S) groups is 1. The second-order valence-electron chi connectivity index (χ2n) is 7.21. The Morgan fingerprint density at radius 3 is 2.50 bits per heavy atom. The van der Waals surface area contributed by atoms with Crippen LogP contribution in [0.2, 0.25) is 0 Å². The first-order valence-electron chi connectivity index (χ1n) is 10.2. The number of hydrogen-bond donors (Lipinski definition) is 2. The van der Waals surface area contributed by atoms with E-state index in [1.807, 2.05) is 6.07 Å². The summed E-state index contributed by atoms with van der Waals surface area (Å²) in [5.41, 5.74) is 1.41. The van der Waals surface area contributed by atoms with Crippen LogP contribution in [0.25, 0.3) is 6.08 Å². The summed E-state index contributed by atoms with van der Waals surface area (Å²) in [5, 5.41) is 5.13. The van der Waals surface area contributed by atoms with Crippen LogP contribution in [0.15, 0.2) is 84.4 Å². The molecule has 1 aliphatic rings. The summed E-state index contributed by atoms with van der Waals surface area (Å²) < 4.78 is 18.5. The molecule has 3 aromatic rings. The summed E-state index contributed by atoms with van der Waals surface area (Å²) >= 11 is 5.18. The monoisotopic (exact) mass is 475 g/mol. The Balaban J connectivity index is 1.47. The fourth-order valence-corrected chi connectivity index (χ4v) is 3.49. The fraction of sp³-hybridized carbons (Fsp3) is 0.0400. The van der Waals surface area contributed by atoms with Gasteiger partial charge in [0.25, 0.3) is 17.7 Å². The number of halogens is 1. The molecule has 1 heterocycles. The number of nitrogens with one attached hydrogen (secondary N) is 2. The van der Waals surface area contributed by atoms with Gasteiger partial charge in [-0.1, -0.05) is 30.3 Å². The van der Waals surface area contributed by atoms with Crippen molar-refractivity contribution in [3.05, 3.63) is 95.8 Å². The van der Waals surface area contributed by atoms with Gasteiger partial charge in [-0.15, -0.1) is 0 Å². The first-order valence-corrected chi connectivity index (χ1v) is 10.6. The average molecular weight is 476 g/mol. The molecule has 0 atom stereocenters. The minimum absolute atomic E-state index is 0.00241. The number of anilines is 2. The van der Waals surface area contributed by atoms with E-state index >= 15 is 0 Å². The zero-order valence-corrected chi connectivity index (χ0v) is 18.5. The molecule has 4 rings (SSSR count). The summed E-state index contributed by atoms with van der Waals surface area (Å²) in [6, 6.07) is 20.7. The van der Waals surface area contributed by atoms with Crippen LogP contribution < -0.4 is 20.3 Å². The van der Waals surface area contributed by atoms with Gasteiger partial charge < -0.3 is 10.1 Å². The summed E-state index contributed by atoms with van der Waals surface area (Å²) in [5.74, 6) is -1.62. The molecule has 0 bridgehead atoms. The van der Waals surface area contributed by atoms with Crippen molar-refractivity contribution in [3.63, 3.8) is 0 Å². The van der Waals surface area contributed by atoms with Crippen LogP contribution in [0.5, 0.6) is 5.75 Å². The van der Waals surface area contributed by atoms with Crippen molar-refractivity contribution in [2.45, 2.75) is 0 Å². The molecular formula is C25H18FN3O4S.